The molecule has 1 aliphatic rings. The lowest BCUT2D eigenvalue weighted by molar-refractivity contribution is -0.685. The van der Waals surface area contributed by atoms with E-state index in [2.05, 4.69) is 67.4 Å². The van der Waals surface area contributed by atoms with Crippen molar-refractivity contribution in [1.82, 2.24) is 4.90 Å². The smallest absolute Gasteiger partial charge is 0.370 e. The monoisotopic (exact) mass is 526 g/mol. The summed E-state index contributed by atoms with van der Waals surface area (Å²) in [5, 5.41) is 8.35. The van der Waals surface area contributed by atoms with Gasteiger partial charge in [0.05, 0.1) is 0 Å². The van der Waals surface area contributed by atoms with Gasteiger partial charge >= 0.3 is 5.97 Å². The number of aliphatic carboxylic acids is 1. The Kier molecular flexibility index (Phi) is 17.9. The van der Waals surface area contributed by atoms with Crippen molar-refractivity contribution < 1.29 is 26.9 Å². The largest absolute Gasteiger partial charge is 1.00 e. The molecule has 1 unspecified atom stereocenters. The van der Waals surface area contributed by atoms with Crippen molar-refractivity contribution in [3.05, 3.63) is 90.4 Å². The third-order valence-corrected chi connectivity index (χ3v) is 6.60. The van der Waals surface area contributed by atoms with Crippen LogP contribution in [0.1, 0.15) is 89.2 Å². The number of pyridine rings is 1. The zero-order chi connectivity index (χ0) is 25.8. The van der Waals surface area contributed by atoms with Gasteiger partial charge in [-0.3, -0.25) is 0 Å². The van der Waals surface area contributed by atoms with Gasteiger partial charge in [0, 0.05) is 24.7 Å². The number of carbonyl (C=O) groups is 1. The lowest BCUT2D eigenvalue weighted by Gasteiger charge is -2.27. The Hall–Kier alpha value is -2.59. The first-order valence-corrected chi connectivity index (χ1v) is 13.9. The number of halogens is 1. The van der Waals surface area contributed by atoms with Crippen LogP contribution in [-0.2, 0) is 24.3 Å². The molecule has 1 aliphatic heterocycles. The minimum atomic E-state index is -0.823. The number of allylic oxidation sites excluding steroid dienone is 2. The lowest BCUT2D eigenvalue weighted by atomic mass is 10.0. The van der Waals surface area contributed by atoms with E-state index in [0.29, 0.717) is 6.04 Å². The van der Waals surface area contributed by atoms with Crippen LogP contribution in [0.2, 0.25) is 0 Å². The predicted octanol–water partition coefficient (Wildman–Crippen LogP) is 4.49. The van der Waals surface area contributed by atoms with E-state index in [1.807, 2.05) is 6.07 Å². The van der Waals surface area contributed by atoms with E-state index in [9.17, 15) is 4.79 Å². The zero-order valence-corrected chi connectivity index (χ0v) is 23.7. The van der Waals surface area contributed by atoms with Crippen LogP contribution in [0, 0.1) is 0 Å². The SMILES string of the molecule is CCCCCCCCCCCCc1ccc(CN2C=CC=CC2C)cc1.O=C(O)C[n+]1ccccc1.[Cl-]. The van der Waals surface area contributed by atoms with E-state index in [4.69, 9.17) is 5.11 Å². The van der Waals surface area contributed by atoms with Crippen LogP contribution in [0.4, 0.5) is 0 Å². The second-order valence-electron chi connectivity index (χ2n) is 9.83. The molecule has 5 heteroatoms. The maximum Gasteiger partial charge on any atom is 0.370 e. The van der Waals surface area contributed by atoms with Crippen molar-refractivity contribution in [3.8, 4) is 0 Å². The number of aryl methyl sites for hydroxylation is 1. The molecule has 0 saturated heterocycles. The normalized spacial score (nSPS) is 14.0. The third kappa shape index (κ3) is 15.3. The molecule has 1 N–H and O–H groups in total. The molecule has 0 fully saturated rings. The van der Waals surface area contributed by atoms with Crippen LogP contribution in [-0.4, -0.2) is 22.0 Å². The van der Waals surface area contributed by atoms with E-state index in [-0.39, 0.29) is 19.0 Å². The molecule has 0 saturated carbocycles. The Morgan fingerprint density at radius 1 is 0.838 bits per heavy atom. The van der Waals surface area contributed by atoms with Crippen LogP contribution in [0.5, 0.6) is 0 Å². The number of nitrogens with zero attached hydrogens (tertiary/aromatic N) is 2. The van der Waals surface area contributed by atoms with Gasteiger partial charge in [-0.2, -0.15) is 4.57 Å². The summed E-state index contributed by atoms with van der Waals surface area (Å²) in [6.07, 6.45) is 27.5. The van der Waals surface area contributed by atoms with Crippen LogP contribution in [0.25, 0.3) is 0 Å². The number of unbranched alkanes of at least 4 members (excludes halogenated alkanes) is 9. The summed E-state index contributed by atoms with van der Waals surface area (Å²) in [6.45, 7) is 5.57. The third-order valence-electron chi connectivity index (χ3n) is 6.60. The number of carboxylic acid groups (broad SMARTS) is 1. The fraction of sp³-hybridized carbons (Fsp3) is 0.500. The highest BCUT2D eigenvalue weighted by atomic mass is 35.5. The van der Waals surface area contributed by atoms with Crippen molar-refractivity contribution in [1.29, 1.82) is 0 Å². The number of aromatic nitrogens is 1. The van der Waals surface area contributed by atoms with E-state index in [0.717, 1.165) is 6.54 Å². The van der Waals surface area contributed by atoms with Gasteiger partial charge in [0.25, 0.3) is 0 Å². The van der Waals surface area contributed by atoms with Crippen molar-refractivity contribution in [3.63, 3.8) is 0 Å². The summed E-state index contributed by atoms with van der Waals surface area (Å²) in [5.41, 5.74) is 2.90. The van der Waals surface area contributed by atoms with E-state index < -0.39 is 5.97 Å². The van der Waals surface area contributed by atoms with Gasteiger partial charge in [-0.1, -0.05) is 107 Å². The summed E-state index contributed by atoms with van der Waals surface area (Å²) in [7, 11) is 0. The molecule has 1 aromatic heterocycles. The fourth-order valence-electron chi connectivity index (χ4n) is 4.36. The molecule has 2 aromatic rings. The van der Waals surface area contributed by atoms with Crippen LogP contribution in [0.15, 0.2) is 79.3 Å². The lowest BCUT2D eigenvalue weighted by Crippen LogP contribution is -3.00. The van der Waals surface area contributed by atoms with Crippen molar-refractivity contribution in [2.24, 2.45) is 0 Å². The van der Waals surface area contributed by atoms with Crippen molar-refractivity contribution in [2.75, 3.05) is 0 Å². The standard InChI is InChI=1S/C25H39N.C7H7NO2.ClH/c1-3-4-5-6-7-8-9-10-11-12-16-24-17-19-25(20-18-24)22-26-21-14-13-15-23(26)2;9-7(10)6-8-4-2-1-3-5-8;/h13-15,17-21,23H,3-12,16,22H2,1-2H3;1-5H,6H2;1H. The summed E-state index contributed by atoms with van der Waals surface area (Å²) in [5.74, 6) is -0.823. The van der Waals surface area contributed by atoms with Gasteiger partial charge in [-0.25, -0.2) is 4.79 Å². The van der Waals surface area contributed by atoms with Crippen LogP contribution in [0.3, 0.4) is 0 Å². The number of carboxylic acids is 1. The fourth-order valence-corrected chi connectivity index (χ4v) is 4.36. The minimum absolute atomic E-state index is 0. The average Bonchev–Trinajstić information content (AvgIpc) is 2.88. The Balaban J connectivity index is 0.000000523. The Morgan fingerprint density at radius 2 is 1.41 bits per heavy atom. The topological polar surface area (TPSA) is 44.4 Å². The first kappa shape index (κ1) is 32.4. The molecule has 2 heterocycles. The highest BCUT2D eigenvalue weighted by Gasteiger charge is 2.09. The molecule has 37 heavy (non-hydrogen) atoms. The van der Waals surface area contributed by atoms with Gasteiger partial charge in [0.1, 0.15) is 0 Å². The van der Waals surface area contributed by atoms with Crippen molar-refractivity contribution in [2.45, 2.75) is 104 Å². The van der Waals surface area contributed by atoms with Gasteiger partial charge in [0.2, 0.25) is 6.54 Å². The molecule has 4 nitrogen and oxygen atoms in total. The molecule has 1 aromatic carbocycles. The quantitative estimate of drug-likeness (QED) is 0.275. The Morgan fingerprint density at radius 3 is 1.97 bits per heavy atom. The minimum Gasteiger partial charge on any atom is -1.00 e. The number of hydrogen-bond donors (Lipinski definition) is 1. The maximum atomic E-state index is 10.1. The maximum absolute atomic E-state index is 10.1. The molecule has 0 bridgehead atoms. The number of benzene rings is 1. The molecule has 3 rings (SSSR count). The van der Waals surface area contributed by atoms with E-state index in [1.54, 1.807) is 29.1 Å². The van der Waals surface area contributed by atoms with Gasteiger partial charge < -0.3 is 22.4 Å². The number of hydrogen-bond acceptors (Lipinski definition) is 2. The first-order valence-electron chi connectivity index (χ1n) is 13.9. The zero-order valence-electron chi connectivity index (χ0n) is 22.9. The molecule has 0 aliphatic carbocycles. The van der Waals surface area contributed by atoms with Crippen LogP contribution >= 0.6 is 0 Å². The van der Waals surface area contributed by atoms with E-state index >= 15 is 0 Å². The first-order chi connectivity index (χ1) is 17.6. The van der Waals surface area contributed by atoms with Gasteiger partial charge in [-0.15, -0.1) is 0 Å². The number of rotatable bonds is 15. The molecule has 204 valence electrons. The molecule has 1 atom stereocenters. The molecule has 0 radical (unpaired) electrons. The summed E-state index contributed by atoms with van der Waals surface area (Å²) >= 11 is 0. The molecule has 0 spiro atoms. The second-order valence-corrected chi connectivity index (χ2v) is 9.83. The Labute approximate surface area is 231 Å². The molecule has 0 amide bonds. The van der Waals surface area contributed by atoms with Crippen molar-refractivity contribution >= 4 is 5.97 Å². The van der Waals surface area contributed by atoms with Crippen LogP contribution < -0.4 is 17.0 Å². The molecular weight excluding hydrogens is 480 g/mol. The summed E-state index contributed by atoms with van der Waals surface area (Å²) < 4.78 is 1.60. The summed E-state index contributed by atoms with van der Waals surface area (Å²) in [6, 6.07) is 15.2. The summed E-state index contributed by atoms with van der Waals surface area (Å²) in [4.78, 5) is 12.5. The predicted molar refractivity (Wildman–Crippen MR) is 150 cm³/mol. The molecular formula is C32H47ClN2O2. The highest BCUT2D eigenvalue weighted by molar-refractivity contribution is 5.64. The van der Waals surface area contributed by atoms with Gasteiger partial charge in [0.15, 0.2) is 12.4 Å². The highest BCUT2D eigenvalue weighted by Crippen LogP contribution is 2.16. The second kappa shape index (κ2) is 20.5. The Bertz CT molecular complexity index is 897. The average molecular weight is 527 g/mol. The van der Waals surface area contributed by atoms with Gasteiger partial charge in [-0.05, 0) is 43.2 Å². The van der Waals surface area contributed by atoms with E-state index in [1.165, 1.54) is 81.8 Å².